The lowest BCUT2D eigenvalue weighted by Gasteiger charge is -2.31. The highest BCUT2D eigenvalue weighted by Gasteiger charge is 2.16. The van der Waals surface area contributed by atoms with Gasteiger partial charge in [-0.05, 0) is 25.9 Å². The molecule has 1 aliphatic heterocycles. The van der Waals surface area contributed by atoms with E-state index in [0.29, 0.717) is 0 Å². The van der Waals surface area contributed by atoms with Crippen molar-refractivity contribution in [2.75, 3.05) is 19.7 Å². The molecule has 0 radical (unpaired) electrons. The summed E-state index contributed by atoms with van der Waals surface area (Å²) < 4.78 is 0. The van der Waals surface area contributed by atoms with Gasteiger partial charge in [0.15, 0.2) is 0 Å². The van der Waals surface area contributed by atoms with Gasteiger partial charge in [-0.3, -0.25) is 4.90 Å². The van der Waals surface area contributed by atoms with Crippen molar-refractivity contribution in [2.45, 2.75) is 25.3 Å². The molecule has 2 nitrogen and oxygen atoms in total. The zero-order valence-electron chi connectivity index (χ0n) is 7.00. The molecule has 1 fully saturated rings. The van der Waals surface area contributed by atoms with E-state index in [9.17, 15) is 0 Å². The average molecular weight is 155 g/mol. The van der Waals surface area contributed by atoms with Crippen molar-refractivity contribution in [3.63, 3.8) is 0 Å². The summed E-state index contributed by atoms with van der Waals surface area (Å²) in [6.07, 6.45) is 5.71. The lowest BCUT2D eigenvalue weighted by Crippen LogP contribution is -2.39. The lowest BCUT2D eigenvalue weighted by molar-refractivity contribution is 0.132. The highest BCUT2D eigenvalue weighted by Crippen LogP contribution is 2.12. The number of nitrogens with zero attached hydrogens (tertiary/aromatic N) is 1. The molecule has 1 aliphatic rings. The second-order valence-corrected chi connectivity index (χ2v) is 3.08. The largest absolute Gasteiger partial charge is 0.394 e. The molecule has 0 aliphatic carbocycles. The molecule has 0 unspecified atom stereocenters. The van der Waals surface area contributed by atoms with Crippen molar-refractivity contribution in [2.24, 2.45) is 0 Å². The van der Waals surface area contributed by atoms with Gasteiger partial charge in [-0.2, -0.15) is 0 Å². The maximum atomic E-state index is 8.97. The van der Waals surface area contributed by atoms with Crippen molar-refractivity contribution >= 4 is 0 Å². The van der Waals surface area contributed by atoms with Gasteiger partial charge in [0.2, 0.25) is 0 Å². The first-order valence-electron chi connectivity index (χ1n) is 4.36. The molecule has 1 saturated heterocycles. The third-order valence-corrected chi connectivity index (χ3v) is 2.32. The summed E-state index contributed by atoms with van der Waals surface area (Å²) in [4.78, 5) is 2.30. The van der Waals surface area contributed by atoms with E-state index in [-0.39, 0.29) is 12.6 Å². The van der Waals surface area contributed by atoms with Gasteiger partial charge in [-0.25, -0.2) is 0 Å². The van der Waals surface area contributed by atoms with E-state index in [1.54, 1.807) is 0 Å². The van der Waals surface area contributed by atoms with Gasteiger partial charge in [0, 0.05) is 0 Å². The van der Waals surface area contributed by atoms with Crippen LogP contribution in [0.2, 0.25) is 0 Å². The Morgan fingerprint density at radius 2 is 2.00 bits per heavy atom. The van der Waals surface area contributed by atoms with E-state index in [1.807, 2.05) is 6.08 Å². The molecular weight excluding hydrogens is 138 g/mol. The molecule has 0 spiro atoms. The van der Waals surface area contributed by atoms with Crippen LogP contribution >= 0.6 is 0 Å². The Hall–Kier alpha value is -0.340. The molecule has 64 valence electrons. The van der Waals surface area contributed by atoms with Crippen LogP contribution in [0.25, 0.3) is 0 Å². The Bertz CT molecular complexity index is 119. The van der Waals surface area contributed by atoms with Gasteiger partial charge in [0.05, 0.1) is 12.6 Å². The quantitative estimate of drug-likeness (QED) is 0.615. The molecule has 0 saturated carbocycles. The Kier molecular flexibility index (Phi) is 3.60. The van der Waals surface area contributed by atoms with Crippen molar-refractivity contribution in [1.82, 2.24) is 4.90 Å². The molecule has 0 bridgehead atoms. The number of hydrogen-bond acceptors (Lipinski definition) is 2. The van der Waals surface area contributed by atoms with Gasteiger partial charge in [-0.1, -0.05) is 12.5 Å². The van der Waals surface area contributed by atoms with Crippen molar-refractivity contribution < 1.29 is 5.11 Å². The summed E-state index contributed by atoms with van der Waals surface area (Å²) in [7, 11) is 0. The molecule has 2 heteroatoms. The van der Waals surface area contributed by atoms with Crippen molar-refractivity contribution in [3.8, 4) is 0 Å². The van der Waals surface area contributed by atoms with E-state index in [1.165, 1.54) is 19.3 Å². The van der Waals surface area contributed by atoms with E-state index in [2.05, 4.69) is 11.5 Å². The van der Waals surface area contributed by atoms with E-state index < -0.39 is 0 Å². The molecule has 1 N–H and O–H groups in total. The first-order chi connectivity index (χ1) is 5.38. The fourth-order valence-electron chi connectivity index (χ4n) is 1.59. The highest BCUT2D eigenvalue weighted by atomic mass is 16.3. The fourth-order valence-corrected chi connectivity index (χ4v) is 1.59. The zero-order valence-corrected chi connectivity index (χ0v) is 7.00. The highest BCUT2D eigenvalue weighted by molar-refractivity contribution is 4.88. The number of piperidine rings is 1. The zero-order chi connectivity index (χ0) is 8.10. The number of aliphatic hydroxyl groups excluding tert-OH is 1. The van der Waals surface area contributed by atoms with E-state index in [4.69, 9.17) is 5.11 Å². The van der Waals surface area contributed by atoms with Gasteiger partial charge in [0.25, 0.3) is 0 Å². The summed E-state index contributed by atoms with van der Waals surface area (Å²) in [5, 5.41) is 8.97. The number of likely N-dealkylation sites (tertiary alicyclic amines) is 1. The van der Waals surface area contributed by atoms with Crippen LogP contribution in [0.4, 0.5) is 0 Å². The van der Waals surface area contributed by atoms with Crippen LogP contribution in [-0.2, 0) is 0 Å². The molecular formula is C9H17NO. The maximum Gasteiger partial charge on any atom is 0.0622 e. The van der Waals surface area contributed by atoms with Gasteiger partial charge >= 0.3 is 0 Å². The first kappa shape index (κ1) is 8.75. The number of hydrogen-bond donors (Lipinski definition) is 1. The summed E-state index contributed by atoms with van der Waals surface area (Å²) >= 11 is 0. The third kappa shape index (κ3) is 2.31. The Balaban J connectivity index is 2.35. The average Bonchev–Trinajstić information content (AvgIpc) is 2.09. The van der Waals surface area contributed by atoms with Crippen LogP contribution in [-0.4, -0.2) is 35.7 Å². The second kappa shape index (κ2) is 4.52. The van der Waals surface area contributed by atoms with Crippen LogP contribution in [0.5, 0.6) is 0 Å². The molecule has 0 amide bonds. The smallest absolute Gasteiger partial charge is 0.0622 e. The van der Waals surface area contributed by atoms with Crippen LogP contribution < -0.4 is 0 Å². The molecule has 1 rings (SSSR count). The SMILES string of the molecule is C=C[C@@H](CO)N1CCCCC1. The number of aliphatic hydroxyl groups is 1. The third-order valence-electron chi connectivity index (χ3n) is 2.32. The Labute approximate surface area is 68.5 Å². The molecule has 11 heavy (non-hydrogen) atoms. The summed E-state index contributed by atoms with van der Waals surface area (Å²) in [5.74, 6) is 0. The van der Waals surface area contributed by atoms with Gasteiger partial charge in [-0.15, -0.1) is 6.58 Å². The minimum absolute atomic E-state index is 0.190. The first-order valence-corrected chi connectivity index (χ1v) is 4.36. The lowest BCUT2D eigenvalue weighted by atomic mass is 10.1. The standard InChI is InChI=1S/C9H17NO/c1-2-9(8-11)10-6-4-3-5-7-10/h2,9,11H,1,3-8H2/t9-/m0/s1. The van der Waals surface area contributed by atoms with Crippen LogP contribution in [0.1, 0.15) is 19.3 Å². The van der Waals surface area contributed by atoms with E-state index >= 15 is 0 Å². The predicted molar refractivity (Wildman–Crippen MR) is 46.5 cm³/mol. The minimum atomic E-state index is 0.190. The molecule has 0 aromatic heterocycles. The maximum absolute atomic E-state index is 8.97. The van der Waals surface area contributed by atoms with Crippen LogP contribution in [0.3, 0.4) is 0 Å². The molecule has 0 aromatic carbocycles. The predicted octanol–water partition coefficient (Wildman–Crippen LogP) is 1.02. The minimum Gasteiger partial charge on any atom is -0.394 e. The van der Waals surface area contributed by atoms with Gasteiger partial charge < -0.3 is 5.11 Å². The van der Waals surface area contributed by atoms with Crippen LogP contribution in [0.15, 0.2) is 12.7 Å². The number of rotatable bonds is 3. The summed E-state index contributed by atoms with van der Waals surface area (Å²) in [6.45, 7) is 6.16. The summed E-state index contributed by atoms with van der Waals surface area (Å²) in [6, 6.07) is 0.190. The van der Waals surface area contributed by atoms with Gasteiger partial charge in [0.1, 0.15) is 0 Å². The Morgan fingerprint density at radius 3 is 2.45 bits per heavy atom. The van der Waals surface area contributed by atoms with Crippen molar-refractivity contribution in [1.29, 1.82) is 0 Å². The summed E-state index contributed by atoms with van der Waals surface area (Å²) in [5.41, 5.74) is 0. The van der Waals surface area contributed by atoms with Crippen molar-refractivity contribution in [3.05, 3.63) is 12.7 Å². The Morgan fingerprint density at radius 1 is 1.36 bits per heavy atom. The second-order valence-electron chi connectivity index (χ2n) is 3.08. The topological polar surface area (TPSA) is 23.5 Å². The van der Waals surface area contributed by atoms with E-state index in [0.717, 1.165) is 13.1 Å². The normalized spacial score (nSPS) is 23.0. The monoisotopic (exact) mass is 155 g/mol. The fraction of sp³-hybridized carbons (Fsp3) is 0.778. The van der Waals surface area contributed by atoms with Crippen LogP contribution in [0, 0.1) is 0 Å². The molecule has 1 heterocycles. The molecule has 1 atom stereocenters. The molecule has 0 aromatic rings.